The highest BCUT2D eigenvalue weighted by Crippen LogP contribution is 2.36. The Balaban J connectivity index is 1.57. The molecule has 6 aromatic rings. The Morgan fingerprint density at radius 3 is 2.44 bits per heavy atom. The maximum absolute atomic E-state index is 10.5. The van der Waals surface area contributed by atoms with Crippen LogP contribution in [0.4, 0.5) is 0 Å². The maximum atomic E-state index is 10.5. The van der Waals surface area contributed by atoms with Gasteiger partial charge in [0.15, 0.2) is 0 Å². The molecule has 6 rings (SSSR count). The van der Waals surface area contributed by atoms with Gasteiger partial charge in [-0.1, -0.05) is 17.7 Å². The van der Waals surface area contributed by atoms with Gasteiger partial charge < -0.3 is 9.84 Å². The molecule has 0 bridgehead atoms. The second-order valence-electron chi connectivity index (χ2n) is 9.36. The lowest BCUT2D eigenvalue weighted by molar-refractivity contribution is 0.452. The first-order valence-corrected chi connectivity index (χ1v) is 11.8. The molecule has 0 saturated heterocycles. The molecule has 7 heteroatoms. The van der Waals surface area contributed by atoms with E-state index in [4.69, 9.17) is 9.72 Å². The van der Waals surface area contributed by atoms with Gasteiger partial charge in [0.1, 0.15) is 28.5 Å². The SMILES string of the molecule is Cc1ccnc(-n2c3cc(Oc4nc5c(O)c(C)ccc5nc4C)cnc3c3cc(C)cc(C)c32)c1. The predicted octanol–water partition coefficient (Wildman–Crippen LogP) is 6.56. The number of aryl methyl sites for hydroxylation is 5. The second-order valence-corrected chi connectivity index (χ2v) is 9.36. The van der Waals surface area contributed by atoms with Gasteiger partial charge in [0.05, 0.1) is 28.3 Å². The molecule has 0 aliphatic heterocycles. The molecule has 0 atom stereocenters. The maximum Gasteiger partial charge on any atom is 0.241 e. The molecule has 0 amide bonds. The van der Waals surface area contributed by atoms with Crippen molar-refractivity contribution in [3.8, 4) is 23.2 Å². The molecule has 0 aliphatic carbocycles. The molecular formula is C29H25N5O2. The summed E-state index contributed by atoms with van der Waals surface area (Å²) >= 11 is 0. The topological polar surface area (TPSA) is 86.0 Å². The van der Waals surface area contributed by atoms with Crippen molar-refractivity contribution in [3.05, 3.63) is 82.8 Å². The van der Waals surface area contributed by atoms with Crippen molar-refractivity contribution in [2.75, 3.05) is 0 Å². The summed E-state index contributed by atoms with van der Waals surface area (Å²) in [5.74, 6) is 1.78. The average Bonchev–Trinajstić information content (AvgIpc) is 3.16. The molecule has 0 radical (unpaired) electrons. The van der Waals surface area contributed by atoms with E-state index in [2.05, 4.69) is 58.5 Å². The minimum Gasteiger partial charge on any atom is -0.505 e. The Bertz CT molecular complexity index is 1840. The van der Waals surface area contributed by atoms with Gasteiger partial charge in [-0.05, 0) is 75.6 Å². The Morgan fingerprint density at radius 2 is 1.64 bits per heavy atom. The summed E-state index contributed by atoms with van der Waals surface area (Å²) in [6, 6.07) is 14.0. The fourth-order valence-electron chi connectivity index (χ4n) is 4.80. The van der Waals surface area contributed by atoms with Crippen LogP contribution in [-0.4, -0.2) is 29.6 Å². The average molecular weight is 476 g/mol. The van der Waals surface area contributed by atoms with Gasteiger partial charge in [-0.3, -0.25) is 9.55 Å². The van der Waals surface area contributed by atoms with Crippen LogP contribution in [0.15, 0.2) is 54.9 Å². The number of benzene rings is 2. The number of phenols is 1. The summed E-state index contributed by atoms with van der Waals surface area (Å²) in [5, 5.41) is 11.6. The van der Waals surface area contributed by atoms with E-state index in [1.165, 1.54) is 5.56 Å². The van der Waals surface area contributed by atoms with Crippen LogP contribution in [0.2, 0.25) is 0 Å². The smallest absolute Gasteiger partial charge is 0.241 e. The number of phenolic OH excluding ortho intramolecular Hbond substituents is 1. The zero-order valence-electron chi connectivity index (χ0n) is 20.8. The second kappa shape index (κ2) is 8.02. The predicted molar refractivity (Wildman–Crippen MR) is 141 cm³/mol. The van der Waals surface area contributed by atoms with E-state index in [0.717, 1.165) is 44.4 Å². The van der Waals surface area contributed by atoms with E-state index >= 15 is 0 Å². The van der Waals surface area contributed by atoms with E-state index in [9.17, 15) is 5.11 Å². The van der Waals surface area contributed by atoms with Gasteiger partial charge in [0.2, 0.25) is 5.88 Å². The van der Waals surface area contributed by atoms with Crippen LogP contribution in [0.3, 0.4) is 0 Å². The first kappa shape index (κ1) is 22.0. The van der Waals surface area contributed by atoms with Crippen molar-refractivity contribution in [3.63, 3.8) is 0 Å². The summed E-state index contributed by atoms with van der Waals surface area (Å²) in [4.78, 5) is 18.7. The number of fused-ring (bicyclic) bond motifs is 4. The number of rotatable bonds is 3. The Hall–Kier alpha value is -4.52. The zero-order chi connectivity index (χ0) is 25.1. The fraction of sp³-hybridized carbons (Fsp3) is 0.172. The lowest BCUT2D eigenvalue weighted by Gasteiger charge is -2.11. The van der Waals surface area contributed by atoms with Crippen LogP contribution in [0, 0.1) is 34.6 Å². The normalized spacial score (nSPS) is 11.6. The molecule has 0 aliphatic rings. The molecular weight excluding hydrogens is 450 g/mol. The fourth-order valence-corrected chi connectivity index (χ4v) is 4.80. The summed E-state index contributed by atoms with van der Waals surface area (Å²) < 4.78 is 8.34. The van der Waals surface area contributed by atoms with Crippen molar-refractivity contribution in [1.82, 2.24) is 24.5 Å². The van der Waals surface area contributed by atoms with E-state index in [1.807, 2.05) is 44.3 Å². The highest BCUT2D eigenvalue weighted by Gasteiger charge is 2.19. The molecule has 1 N–H and O–H groups in total. The van der Waals surface area contributed by atoms with Crippen molar-refractivity contribution >= 4 is 33.0 Å². The molecule has 0 fully saturated rings. The molecule has 0 spiro atoms. The number of ether oxygens (including phenoxy) is 1. The Morgan fingerprint density at radius 1 is 0.806 bits per heavy atom. The highest BCUT2D eigenvalue weighted by molar-refractivity contribution is 6.08. The standard InChI is InChI=1S/C29H25N5O2/c1-15-8-9-30-24(12-15)34-23-13-20(14-31-25(23)21-11-16(2)10-18(4)27(21)34)36-29-19(5)32-22-7-6-17(3)28(35)26(22)33-29/h6-14,35H,1-5H3. The third-order valence-corrected chi connectivity index (χ3v) is 6.49. The Labute approximate surface area is 208 Å². The molecule has 0 unspecified atom stereocenters. The van der Waals surface area contributed by atoms with Gasteiger partial charge in [-0.25, -0.2) is 15.0 Å². The van der Waals surface area contributed by atoms with Gasteiger partial charge in [-0.15, -0.1) is 0 Å². The number of aromatic hydroxyl groups is 1. The number of hydrogen-bond acceptors (Lipinski definition) is 6. The zero-order valence-corrected chi connectivity index (χ0v) is 20.8. The van der Waals surface area contributed by atoms with Gasteiger partial charge >= 0.3 is 0 Å². The van der Waals surface area contributed by atoms with Crippen molar-refractivity contribution in [2.45, 2.75) is 34.6 Å². The monoisotopic (exact) mass is 475 g/mol. The van der Waals surface area contributed by atoms with Crippen LogP contribution in [0.1, 0.15) is 27.9 Å². The molecule has 4 heterocycles. The van der Waals surface area contributed by atoms with Crippen LogP contribution in [0.5, 0.6) is 17.4 Å². The van der Waals surface area contributed by atoms with Gasteiger partial charge in [-0.2, -0.15) is 0 Å². The Kier molecular flexibility index (Phi) is 4.89. The highest BCUT2D eigenvalue weighted by atomic mass is 16.5. The van der Waals surface area contributed by atoms with Gasteiger partial charge in [0.25, 0.3) is 0 Å². The lowest BCUT2D eigenvalue weighted by Crippen LogP contribution is -2.00. The van der Waals surface area contributed by atoms with E-state index in [0.29, 0.717) is 28.4 Å². The van der Waals surface area contributed by atoms with Crippen molar-refractivity contribution < 1.29 is 9.84 Å². The minimum atomic E-state index is 0.106. The molecule has 36 heavy (non-hydrogen) atoms. The largest absolute Gasteiger partial charge is 0.505 e. The van der Waals surface area contributed by atoms with Crippen LogP contribution in [0.25, 0.3) is 38.8 Å². The molecule has 2 aromatic carbocycles. The molecule has 4 aromatic heterocycles. The van der Waals surface area contributed by atoms with Crippen molar-refractivity contribution in [1.29, 1.82) is 0 Å². The third-order valence-electron chi connectivity index (χ3n) is 6.49. The van der Waals surface area contributed by atoms with Crippen LogP contribution in [-0.2, 0) is 0 Å². The first-order valence-electron chi connectivity index (χ1n) is 11.8. The van der Waals surface area contributed by atoms with Crippen molar-refractivity contribution in [2.24, 2.45) is 0 Å². The molecule has 7 nitrogen and oxygen atoms in total. The van der Waals surface area contributed by atoms with E-state index in [1.54, 1.807) is 6.20 Å². The minimum absolute atomic E-state index is 0.106. The number of hydrogen-bond donors (Lipinski definition) is 1. The van der Waals surface area contributed by atoms with Crippen LogP contribution < -0.4 is 4.74 Å². The third kappa shape index (κ3) is 3.43. The van der Waals surface area contributed by atoms with Crippen LogP contribution >= 0.6 is 0 Å². The van der Waals surface area contributed by atoms with E-state index < -0.39 is 0 Å². The van der Waals surface area contributed by atoms with E-state index in [-0.39, 0.29) is 5.75 Å². The quantitative estimate of drug-likeness (QED) is 0.312. The molecule has 178 valence electrons. The van der Waals surface area contributed by atoms with Gasteiger partial charge in [0, 0.05) is 17.6 Å². The number of aromatic nitrogens is 5. The first-order chi connectivity index (χ1) is 17.3. The summed E-state index contributed by atoms with van der Waals surface area (Å²) in [6.07, 6.45) is 3.52. The summed E-state index contributed by atoms with van der Waals surface area (Å²) in [5.41, 5.74) is 8.67. The molecule has 0 saturated carbocycles. The lowest BCUT2D eigenvalue weighted by atomic mass is 10.1. The number of pyridine rings is 2. The summed E-state index contributed by atoms with van der Waals surface area (Å²) in [7, 11) is 0. The summed E-state index contributed by atoms with van der Waals surface area (Å²) in [6.45, 7) is 9.93. The number of nitrogens with zero attached hydrogens (tertiary/aromatic N) is 5.